The second kappa shape index (κ2) is 30.5. The number of carbonyl (C=O) groups excluding carboxylic acids is 3. The molecular weight excluding hydrogens is 1200 g/mol. The molecule has 0 aromatic heterocycles. The van der Waals surface area contributed by atoms with Crippen LogP contribution in [0, 0.1) is 6.92 Å². The Hall–Kier alpha value is -7.43. The minimum atomic E-state index is -0.187. The van der Waals surface area contributed by atoms with Crippen molar-refractivity contribution >= 4 is 76.2 Å². The molecule has 1 saturated heterocycles. The van der Waals surface area contributed by atoms with E-state index in [0.717, 1.165) is 122 Å². The van der Waals surface area contributed by atoms with E-state index < -0.39 is 0 Å². The van der Waals surface area contributed by atoms with Crippen LogP contribution in [0.25, 0.3) is 18.2 Å². The number of fused-ring (bicyclic) bond motifs is 3. The number of ether oxygens (including phenoxy) is 5. The Kier molecular flexibility index (Phi) is 22.4. The number of nitrogens with one attached hydrogen (secondary N) is 3. The Labute approximate surface area is 554 Å². The summed E-state index contributed by atoms with van der Waals surface area (Å²) in [5.41, 5.74) is 11.7. The van der Waals surface area contributed by atoms with Crippen LogP contribution in [0.1, 0.15) is 116 Å². The first-order valence-corrected chi connectivity index (χ1v) is 33.5. The molecule has 6 aromatic rings. The van der Waals surface area contributed by atoms with Gasteiger partial charge in [-0.2, -0.15) is 0 Å². The molecule has 12 rings (SSSR count). The molecule has 3 N–H and O–H groups in total. The monoisotopic (exact) mass is 1290 g/mol. The summed E-state index contributed by atoms with van der Waals surface area (Å²) >= 11 is 12.3. The molecule has 0 radical (unpaired) electrons. The number of methoxy groups -OCH3 is 1. The maximum absolute atomic E-state index is 12.8. The van der Waals surface area contributed by atoms with E-state index in [9.17, 15) is 14.4 Å². The van der Waals surface area contributed by atoms with Crippen molar-refractivity contribution in [1.29, 1.82) is 0 Å². The highest BCUT2D eigenvalue weighted by atomic mass is 35.5. The first kappa shape index (κ1) is 67.5. The zero-order chi connectivity index (χ0) is 65.0. The number of benzene rings is 6. The van der Waals surface area contributed by atoms with Crippen molar-refractivity contribution < 1.29 is 51.5 Å². The summed E-state index contributed by atoms with van der Waals surface area (Å²) in [4.78, 5) is 38.2. The molecule has 0 unspecified atom stereocenters. The lowest BCUT2D eigenvalue weighted by Crippen LogP contribution is -2.50. The van der Waals surface area contributed by atoms with E-state index in [2.05, 4.69) is 94.6 Å². The third-order valence-corrected chi connectivity index (χ3v) is 19.6. The molecule has 2 aliphatic carbocycles. The zero-order valence-electron chi connectivity index (χ0n) is 55.0. The zero-order valence-corrected chi connectivity index (χ0v) is 56.5. The molecule has 3 fully saturated rings. The van der Waals surface area contributed by atoms with E-state index in [1.807, 2.05) is 91.9 Å². The summed E-state index contributed by atoms with van der Waals surface area (Å²) < 4.78 is 30.9. The molecule has 92 heavy (non-hydrogen) atoms. The molecule has 4 aliphatic heterocycles. The van der Waals surface area contributed by atoms with Gasteiger partial charge in [-0.15, -0.1) is 0 Å². The highest BCUT2D eigenvalue weighted by molar-refractivity contribution is 6.36. The maximum atomic E-state index is 12.8. The quantitative estimate of drug-likeness (QED) is 0.0816. The normalized spacial score (nSPS) is 16.8. The van der Waals surface area contributed by atoms with Crippen LogP contribution in [-0.4, -0.2) is 132 Å². The Morgan fingerprint density at radius 2 is 0.859 bits per heavy atom. The van der Waals surface area contributed by atoms with Gasteiger partial charge in [0.15, 0.2) is 0 Å². The molecule has 0 atom stereocenters. The Morgan fingerprint density at radius 3 is 1.29 bits per heavy atom. The third-order valence-electron chi connectivity index (χ3n) is 19.1. The summed E-state index contributed by atoms with van der Waals surface area (Å²) in [6.45, 7) is 7.45. The number of amides is 3. The molecule has 4 heterocycles. The molecular formula is C76H93Cl2N6O8+3. The number of nitrogens with zero attached hydrogens (tertiary/aromatic N) is 3. The average Bonchev–Trinajstić information content (AvgIpc) is 0.929. The van der Waals surface area contributed by atoms with Crippen molar-refractivity contribution in [3.63, 3.8) is 0 Å². The smallest absolute Gasteiger partial charge is 0.255 e. The predicted octanol–water partition coefficient (Wildman–Crippen LogP) is 15.5. The fraction of sp³-hybridized carbons (Fsp3) is 0.408. The summed E-state index contributed by atoms with van der Waals surface area (Å²) in [5, 5.41) is 9.93. The van der Waals surface area contributed by atoms with Crippen LogP contribution in [0.3, 0.4) is 0 Å². The molecule has 0 bridgehead atoms. The van der Waals surface area contributed by atoms with Crippen molar-refractivity contribution in [3.8, 4) is 23.0 Å². The third kappa shape index (κ3) is 18.0. The van der Waals surface area contributed by atoms with Gasteiger partial charge in [0.05, 0.1) is 102 Å². The molecule has 2 saturated carbocycles. The van der Waals surface area contributed by atoms with Crippen LogP contribution >= 0.6 is 23.2 Å². The number of carbonyl (C=O) groups is 3. The molecule has 0 spiro atoms. The van der Waals surface area contributed by atoms with Crippen LogP contribution in [0.4, 0.5) is 17.1 Å². The molecule has 14 nitrogen and oxygen atoms in total. The van der Waals surface area contributed by atoms with Crippen molar-refractivity contribution in [1.82, 2.24) is 0 Å². The first-order chi connectivity index (χ1) is 44.2. The van der Waals surface area contributed by atoms with E-state index in [0.29, 0.717) is 44.1 Å². The standard InChI is InChI=1S/C26H32N2O3.C25H28Cl2N2O2.C25H30N2O3/c1-28(2,23-7-5-4-6-8-23)17-19-9-11-22(12-10-19)27-26(29)21-15-20-16-24(30-3)13-14-25(20)31-18-21;1-29(2,22-6-4-3-5-7-22)15-17-8-10-21(11-9-17)28-25(30)19-12-18-13-20(26)14-23(27)24(18)31-16-19;1-18-4-9-24-20(14-18)15-21(17-30-24)25(28)26-22-7-5-19(6-8-22)16-27(2,3)23-10-12-29-13-11-23/h9-16,23H,4-8,17-18H2,1-3H3;8-14,22H,3-7,15-16H2,1-2H3;4-9,14-15,23H,10-13,16-17H2,1-3H3/p+3. The summed E-state index contributed by atoms with van der Waals surface area (Å²) in [5.74, 6) is 2.45. The van der Waals surface area contributed by atoms with Crippen molar-refractivity contribution in [2.24, 2.45) is 0 Å². The molecule has 16 heteroatoms. The number of hydrogen-bond donors (Lipinski definition) is 3. The lowest BCUT2D eigenvalue weighted by Gasteiger charge is -2.40. The van der Waals surface area contributed by atoms with Crippen molar-refractivity contribution in [2.45, 2.75) is 122 Å². The number of aryl methyl sites for hydroxylation is 1. The van der Waals surface area contributed by atoms with Crippen molar-refractivity contribution in [2.75, 3.05) is 98.4 Å². The first-order valence-electron chi connectivity index (χ1n) is 32.7. The highest BCUT2D eigenvalue weighted by Crippen LogP contribution is 2.38. The highest BCUT2D eigenvalue weighted by Gasteiger charge is 2.33. The summed E-state index contributed by atoms with van der Waals surface area (Å²) in [6, 6.07) is 41.7. The average molecular weight is 1290 g/mol. The number of rotatable bonds is 16. The Morgan fingerprint density at radius 1 is 0.467 bits per heavy atom. The topological polar surface area (TPSA) is 133 Å². The van der Waals surface area contributed by atoms with Gasteiger partial charge in [-0.3, -0.25) is 14.4 Å². The fourth-order valence-electron chi connectivity index (χ4n) is 13.6. The number of quaternary nitrogens is 3. The van der Waals surface area contributed by atoms with E-state index >= 15 is 0 Å². The lowest BCUT2D eigenvalue weighted by atomic mass is 9.92. The number of halogens is 2. The summed E-state index contributed by atoms with van der Waals surface area (Å²) in [6.07, 6.45) is 21.2. The molecule has 3 amide bonds. The molecule has 486 valence electrons. The minimum absolute atomic E-state index is 0.117. The number of anilines is 3. The molecule has 6 aromatic carbocycles. The maximum Gasteiger partial charge on any atom is 0.255 e. The Balaban J connectivity index is 0.000000151. The van der Waals surface area contributed by atoms with Crippen LogP contribution in [0.15, 0.2) is 138 Å². The van der Waals surface area contributed by atoms with Gasteiger partial charge in [0.1, 0.15) is 62.5 Å². The van der Waals surface area contributed by atoms with E-state index in [1.54, 1.807) is 25.3 Å². The SMILES string of the molecule is COc1ccc2c(c1)C=C(C(=O)Nc1ccc(C[N+](C)(C)C3CCCCC3)cc1)CO2.C[N+](C)(Cc1ccc(NC(=O)C2=Cc3cc(Cl)cc(Cl)c3OC2)cc1)C1CCCCC1.Cc1ccc2c(c1)C=C(C(=O)Nc1ccc(C[N+](C)(C)C3CCOCC3)cc1)CO2. The van der Waals surface area contributed by atoms with Crippen molar-refractivity contribution in [3.05, 3.63) is 187 Å². The lowest BCUT2D eigenvalue weighted by molar-refractivity contribution is -0.929. The van der Waals surface area contributed by atoms with E-state index in [4.69, 9.17) is 46.9 Å². The van der Waals surface area contributed by atoms with E-state index in [-0.39, 0.29) is 37.5 Å². The van der Waals surface area contributed by atoms with Crippen LogP contribution < -0.4 is 34.9 Å². The van der Waals surface area contributed by atoms with Gasteiger partial charge >= 0.3 is 0 Å². The molecule has 6 aliphatic rings. The van der Waals surface area contributed by atoms with Crippen LogP contribution in [0.5, 0.6) is 23.0 Å². The van der Waals surface area contributed by atoms with Gasteiger partial charge in [-0.1, -0.05) is 84.1 Å². The van der Waals surface area contributed by atoms with Gasteiger partial charge < -0.3 is 53.1 Å². The Bertz CT molecular complexity index is 3650. The van der Waals surface area contributed by atoms with Gasteiger partial charge in [-0.05, 0) is 155 Å². The van der Waals surface area contributed by atoms with Gasteiger partial charge in [-0.25, -0.2) is 0 Å². The largest absolute Gasteiger partial charge is 0.497 e. The minimum Gasteiger partial charge on any atom is -0.497 e. The van der Waals surface area contributed by atoms with E-state index in [1.165, 1.54) is 80.9 Å². The fourth-order valence-corrected chi connectivity index (χ4v) is 14.2. The second-order valence-electron chi connectivity index (χ2n) is 27.3. The van der Waals surface area contributed by atoms with Gasteiger partial charge in [0.25, 0.3) is 17.7 Å². The summed E-state index contributed by atoms with van der Waals surface area (Å²) in [7, 11) is 15.6. The van der Waals surface area contributed by atoms with Gasteiger partial charge in [0.2, 0.25) is 0 Å². The number of hydrogen-bond acceptors (Lipinski definition) is 8. The predicted molar refractivity (Wildman–Crippen MR) is 371 cm³/mol. The van der Waals surface area contributed by atoms with Gasteiger partial charge in [0, 0.05) is 68.3 Å². The second-order valence-corrected chi connectivity index (χ2v) is 28.2. The van der Waals surface area contributed by atoms with Crippen LogP contribution in [-0.2, 0) is 38.8 Å². The van der Waals surface area contributed by atoms with Crippen LogP contribution in [0.2, 0.25) is 10.0 Å².